The van der Waals surface area contributed by atoms with E-state index in [1.165, 1.54) is 11.3 Å². The fourth-order valence-corrected chi connectivity index (χ4v) is 4.49. The summed E-state index contributed by atoms with van der Waals surface area (Å²) in [6.07, 6.45) is 0.0602. The molecular weight excluding hydrogens is 437 g/mol. The Morgan fingerprint density at radius 3 is 2.65 bits per heavy atom. The normalized spacial score (nSPS) is 22.8. The van der Waals surface area contributed by atoms with E-state index in [9.17, 15) is 18.0 Å². The third-order valence-corrected chi connectivity index (χ3v) is 6.02. The summed E-state index contributed by atoms with van der Waals surface area (Å²) in [6.45, 7) is 3.20. The molecule has 2 aliphatic rings. The highest BCUT2D eigenvalue weighted by molar-refractivity contribution is 7.12. The second kappa shape index (κ2) is 9.65. The number of ether oxygens (including phenoxy) is 2. The molecule has 2 fully saturated rings. The highest BCUT2D eigenvalue weighted by Gasteiger charge is 2.46. The van der Waals surface area contributed by atoms with E-state index in [0.29, 0.717) is 13.2 Å². The molecular formula is C20H21F3N2O5S. The summed E-state index contributed by atoms with van der Waals surface area (Å²) in [4.78, 5) is 28.7. The topological polar surface area (TPSA) is 89.0 Å². The van der Waals surface area contributed by atoms with Crippen LogP contribution in [0.3, 0.4) is 0 Å². The maximum absolute atomic E-state index is 12.9. The van der Waals surface area contributed by atoms with Gasteiger partial charge in [-0.2, -0.15) is 13.2 Å². The number of nitrogens with zero attached hydrogens (tertiary/aromatic N) is 2. The van der Waals surface area contributed by atoms with Crippen LogP contribution in [-0.4, -0.2) is 64.4 Å². The number of hydrogen-bond donors (Lipinski definition) is 1. The molecule has 2 aromatic rings. The maximum Gasteiger partial charge on any atom is 0.490 e. The molecule has 0 spiro atoms. The van der Waals surface area contributed by atoms with Gasteiger partial charge in [-0.3, -0.25) is 9.78 Å². The van der Waals surface area contributed by atoms with Gasteiger partial charge in [-0.1, -0.05) is 0 Å². The van der Waals surface area contributed by atoms with Crippen molar-refractivity contribution in [2.24, 2.45) is 0 Å². The number of pyridine rings is 1. The molecule has 3 atom stereocenters. The molecule has 7 nitrogen and oxygen atoms in total. The molecule has 168 valence electrons. The van der Waals surface area contributed by atoms with Crippen molar-refractivity contribution in [1.29, 1.82) is 0 Å². The van der Waals surface area contributed by atoms with Crippen LogP contribution in [0.15, 0.2) is 36.0 Å². The first-order valence-electron chi connectivity index (χ1n) is 9.52. The first-order chi connectivity index (χ1) is 14.7. The zero-order valence-corrected chi connectivity index (χ0v) is 17.4. The Hall–Kier alpha value is -2.66. The van der Waals surface area contributed by atoms with Crippen LogP contribution < -0.4 is 4.74 Å². The van der Waals surface area contributed by atoms with E-state index < -0.39 is 12.1 Å². The largest absolute Gasteiger partial charge is 0.490 e. The first kappa shape index (κ1) is 23.0. The van der Waals surface area contributed by atoms with Crippen LogP contribution >= 0.6 is 11.3 Å². The molecule has 3 heterocycles. The van der Waals surface area contributed by atoms with Gasteiger partial charge in [-0.05, 0) is 48.9 Å². The quantitative estimate of drug-likeness (QED) is 0.757. The van der Waals surface area contributed by atoms with Crippen molar-refractivity contribution in [2.45, 2.75) is 44.2 Å². The Morgan fingerprint density at radius 2 is 2.06 bits per heavy atom. The number of rotatable bonds is 3. The van der Waals surface area contributed by atoms with E-state index in [1.54, 1.807) is 12.4 Å². The molecule has 1 saturated carbocycles. The van der Waals surface area contributed by atoms with Gasteiger partial charge in [0.2, 0.25) is 0 Å². The number of carboxylic acids is 1. The molecule has 31 heavy (non-hydrogen) atoms. The fourth-order valence-electron chi connectivity index (χ4n) is 3.61. The van der Waals surface area contributed by atoms with E-state index in [2.05, 4.69) is 4.98 Å². The van der Waals surface area contributed by atoms with Crippen molar-refractivity contribution in [3.8, 4) is 5.75 Å². The van der Waals surface area contributed by atoms with Gasteiger partial charge in [-0.25, -0.2) is 4.79 Å². The Balaban J connectivity index is 0.000000339. The van der Waals surface area contributed by atoms with Gasteiger partial charge in [0.1, 0.15) is 18.0 Å². The number of carbonyl (C=O) groups is 2. The van der Waals surface area contributed by atoms with Crippen LogP contribution in [0.2, 0.25) is 0 Å². The monoisotopic (exact) mass is 458 g/mol. The molecule has 4 rings (SSSR count). The standard InChI is InChI=1S/C18H20N2O3S.C2HF3O2/c1-12-6-10-24-17(12)18(21)20-8-9-22-16-14(20)4-5-15(16)23-13-3-2-7-19-11-13;3-2(4,5)1(6)7/h2-3,6-7,10-11,14-16H,4-5,8-9H2,1H3;(H,6,7)/t14-,15-,16+;/m0./s1. The maximum atomic E-state index is 12.9. The third kappa shape index (κ3) is 5.53. The molecule has 11 heteroatoms. The summed E-state index contributed by atoms with van der Waals surface area (Å²) in [5.74, 6) is -1.88. The Labute approximate surface area is 180 Å². The number of fused-ring (bicyclic) bond motifs is 1. The smallest absolute Gasteiger partial charge is 0.486 e. The molecule has 1 saturated heterocycles. The van der Waals surface area contributed by atoms with Gasteiger partial charge in [0.25, 0.3) is 5.91 Å². The van der Waals surface area contributed by atoms with Gasteiger partial charge in [0.05, 0.1) is 23.7 Å². The Kier molecular flexibility index (Phi) is 7.16. The van der Waals surface area contributed by atoms with E-state index >= 15 is 0 Å². The number of amides is 1. The SMILES string of the molecule is Cc1ccsc1C(=O)N1CCO[C@H]2[C@@H](Oc3cccnc3)CC[C@@H]21.O=C(O)C(F)(F)F. The summed E-state index contributed by atoms with van der Waals surface area (Å²) in [5.41, 5.74) is 1.05. The lowest BCUT2D eigenvalue weighted by Gasteiger charge is -2.38. The van der Waals surface area contributed by atoms with Crippen LogP contribution in [0.4, 0.5) is 13.2 Å². The lowest BCUT2D eigenvalue weighted by Crippen LogP contribution is -2.54. The van der Waals surface area contributed by atoms with E-state index in [0.717, 1.165) is 29.0 Å². The number of aliphatic carboxylic acids is 1. The van der Waals surface area contributed by atoms with Crippen LogP contribution in [0.25, 0.3) is 0 Å². The second-order valence-corrected chi connectivity index (χ2v) is 7.98. The molecule has 0 aromatic carbocycles. The molecule has 0 radical (unpaired) electrons. The summed E-state index contributed by atoms with van der Waals surface area (Å²) < 4.78 is 43.8. The first-order valence-corrected chi connectivity index (χ1v) is 10.4. The molecule has 1 N–H and O–H groups in total. The number of aryl methyl sites for hydroxylation is 1. The number of halogens is 3. The van der Waals surface area contributed by atoms with Crippen LogP contribution in [0, 0.1) is 6.92 Å². The van der Waals surface area contributed by atoms with E-state index in [1.807, 2.05) is 35.4 Å². The second-order valence-electron chi connectivity index (χ2n) is 7.06. The third-order valence-electron chi connectivity index (χ3n) is 5.02. The highest BCUT2D eigenvalue weighted by Crippen LogP contribution is 2.34. The molecule has 1 amide bonds. The van der Waals surface area contributed by atoms with Crippen molar-refractivity contribution in [3.05, 3.63) is 46.4 Å². The van der Waals surface area contributed by atoms with Crippen molar-refractivity contribution < 1.29 is 37.3 Å². The lowest BCUT2D eigenvalue weighted by atomic mass is 10.1. The lowest BCUT2D eigenvalue weighted by molar-refractivity contribution is -0.192. The molecule has 1 aliphatic heterocycles. The summed E-state index contributed by atoms with van der Waals surface area (Å²) in [6, 6.07) is 5.85. The zero-order valence-electron chi connectivity index (χ0n) is 16.5. The van der Waals surface area contributed by atoms with Crippen LogP contribution in [-0.2, 0) is 9.53 Å². The van der Waals surface area contributed by atoms with Crippen molar-refractivity contribution in [3.63, 3.8) is 0 Å². The summed E-state index contributed by atoms with van der Waals surface area (Å²) >= 11 is 1.52. The van der Waals surface area contributed by atoms with Crippen molar-refractivity contribution in [2.75, 3.05) is 13.2 Å². The number of thiophene rings is 1. The highest BCUT2D eigenvalue weighted by atomic mass is 32.1. The number of carbonyl (C=O) groups excluding carboxylic acids is 1. The molecule has 0 unspecified atom stereocenters. The van der Waals surface area contributed by atoms with E-state index in [4.69, 9.17) is 19.4 Å². The number of morpholine rings is 1. The fraction of sp³-hybridized carbons (Fsp3) is 0.450. The number of aromatic nitrogens is 1. The van der Waals surface area contributed by atoms with E-state index in [-0.39, 0.29) is 24.2 Å². The zero-order chi connectivity index (χ0) is 22.6. The number of hydrogen-bond acceptors (Lipinski definition) is 6. The Bertz CT molecular complexity index is 906. The number of alkyl halides is 3. The molecule has 2 aromatic heterocycles. The van der Waals surface area contributed by atoms with Crippen molar-refractivity contribution >= 4 is 23.2 Å². The van der Waals surface area contributed by atoms with Gasteiger partial charge < -0.3 is 19.5 Å². The minimum atomic E-state index is -5.08. The van der Waals surface area contributed by atoms with Gasteiger partial charge in [0.15, 0.2) is 0 Å². The predicted octanol–water partition coefficient (Wildman–Crippen LogP) is 3.54. The van der Waals surface area contributed by atoms with Crippen LogP contribution in [0.5, 0.6) is 5.75 Å². The molecule has 1 aliphatic carbocycles. The van der Waals surface area contributed by atoms with Gasteiger partial charge in [0, 0.05) is 12.7 Å². The minimum Gasteiger partial charge on any atom is -0.486 e. The van der Waals surface area contributed by atoms with Gasteiger partial charge >= 0.3 is 12.1 Å². The Morgan fingerprint density at radius 1 is 1.32 bits per heavy atom. The van der Waals surface area contributed by atoms with Crippen molar-refractivity contribution in [1.82, 2.24) is 9.88 Å². The summed E-state index contributed by atoms with van der Waals surface area (Å²) in [7, 11) is 0. The van der Waals surface area contributed by atoms with Crippen LogP contribution in [0.1, 0.15) is 28.1 Å². The molecule has 0 bridgehead atoms. The minimum absolute atomic E-state index is 0.0285. The predicted molar refractivity (Wildman–Crippen MR) is 105 cm³/mol. The average Bonchev–Trinajstić information content (AvgIpc) is 3.34. The number of carboxylic acid groups (broad SMARTS) is 1. The average molecular weight is 458 g/mol. The van der Waals surface area contributed by atoms with Gasteiger partial charge in [-0.15, -0.1) is 11.3 Å². The summed E-state index contributed by atoms with van der Waals surface area (Å²) in [5, 5.41) is 9.10.